The number of aliphatic hydroxyl groups is 2. The summed E-state index contributed by atoms with van der Waals surface area (Å²) < 4.78 is 37.8. The third-order valence-corrected chi connectivity index (χ3v) is 12.6. The number of benzene rings is 1. The van der Waals surface area contributed by atoms with E-state index in [1.807, 2.05) is 82.9 Å². The van der Waals surface area contributed by atoms with Gasteiger partial charge in [0.15, 0.2) is 18.0 Å². The fourth-order valence-electron chi connectivity index (χ4n) is 9.32. The lowest BCUT2D eigenvalue weighted by Crippen LogP contribution is -2.59. The van der Waals surface area contributed by atoms with Crippen LogP contribution in [0.4, 0.5) is 9.59 Å². The molecule has 0 spiro atoms. The van der Waals surface area contributed by atoms with Crippen molar-refractivity contribution in [3.8, 4) is 11.3 Å². The zero-order valence-corrected chi connectivity index (χ0v) is 38.1. The third kappa shape index (κ3) is 11.2. The van der Waals surface area contributed by atoms with Crippen LogP contribution in [0.2, 0.25) is 0 Å². The van der Waals surface area contributed by atoms with E-state index >= 15 is 0 Å². The molecule has 346 valence electrons. The van der Waals surface area contributed by atoms with Crippen molar-refractivity contribution in [3.05, 3.63) is 36.0 Å². The fraction of sp³-hybridized carbons (Fsp3) is 0.721. The SMILES string of the molecule is CC[C@H]1OC(=O)[C@H](C)[C@@H](OC(=O)NNC(=O)Cn2cc(-c3cccc(C)c3)nn2)[C@H](C)[C@@H](O[C@@H]2O[C@H](C)C[C@H](N(C)C)[C@H]2O)[C@](C)(O)C[C@@H](C)CN(C)[C@H](C)[C@H]2OC(=O)O[C@@]21C. The first-order valence-electron chi connectivity index (χ1n) is 21.4. The molecule has 1 aromatic heterocycles. The van der Waals surface area contributed by atoms with E-state index in [0.717, 1.165) is 11.1 Å². The van der Waals surface area contributed by atoms with Crippen LogP contribution in [0.5, 0.6) is 0 Å². The Morgan fingerprint density at radius 1 is 1.08 bits per heavy atom. The summed E-state index contributed by atoms with van der Waals surface area (Å²) in [7, 11) is 5.56. The molecule has 19 nitrogen and oxygen atoms in total. The van der Waals surface area contributed by atoms with Gasteiger partial charge >= 0.3 is 18.2 Å². The number of likely N-dealkylation sites (N-methyl/N-ethyl adjacent to an activating group) is 2. The summed E-state index contributed by atoms with van der Waals surface area (Å²) in [5, 5.41) is 32.3. The second-order valence-corrected chi connectivity index (χ2v) is 18.2. The molecular weight excluding hydrogens is 807 g/mol. The Balaban J connectivity index is 1.45. The normalized spacial score (nSPS) is 36.3. The highest BCUT2D eigenvalue weighted by molar-refractivity contribution is 5.79. The van der Waals surface area contributed by atoms with Gasteiger partial charge in [-0.25, -0.2) is 19.7 Å². The molecule has 1 aromatic carbocycles. The lowest BCUT2D eigenvalue weighted by atomic mass is 9.77. The molecule has 3 saturated heterocycles. The number of rotatable bonds is 8. The van der Waals surface area contributed by atoms with E-state index in [9.17, 15) is 29.4 Å². The highest BCUT2D eigenvalue weighted by Gasteiger charge is 2.58. The molecule has 14 atom stereocenters. The Kier molecular flexibility index (Phi) is 15.7. The number of hydrogen-bond acceptors (Lipinski definition) is 16. The summed E-state index contributed by atoms with van der Waals surface area (Å²) in [6, 6.07) is 6.90. The Bertz CT molecular complexity index is 1880. The number of cyclic esters (lactones) is 1. The van der Waals surface area contributed by atoms with E-state index in [1.165, 1.54) is 11.6 Å². The molecule has 62 heavy (non-hydrogen) atoms. The van der Waals surface area contributed by atoms with Crippen molar-refractivity contribution in [2.24, 2.45) is 17.8 Å². The van der Waals surface area contributed by atoms with Crippen molar-refractivity contribution < 1.29 is 57.8 Å². The van der Waals surface area contributed by atoms with Crippen LogP contribution in [0.3, 0.4) is 0 Å². The minimum atomic E-state index is -1.69. The number of nitrogens with zero attached hydrogens (tertiary/aromatic N) is 5. The number of aliphatic hydroxyl groups excluding tert-OH is 1. The van der Waals surface area contributed by atoms with Gasteiger partial charge in [0.2, 0.25) is 0 Å². The first-order valence-corrected chi connectivity index (χ1v) is 21.4. The van der Waals surface area contributed by atoms with E-state index in [-0.39, 0.29) is 37.5 Å². The zero-order valence-electron chi connectivity index (χ0n) is 38.1. The maximum Gasteiger partial charge on any atom is 0.509 e. The van der Waals surface area contributed by atoms with Crippen molar-refractivity contribution >= 4 is 24.1 Å². The number of hydrazine groups is 1. The van der Waals surface area contributed by atoms with Gasteiger partial charge < -0.3 is 43.5 Å². The molecule has 0 saturated carbocycles. The van der Waals surface area contributed by atoms with Crippen molar-refractivity contribution in [2.45, 2.75) is 154 Å². The van der Waals surface area contributed by atoms with Crippen molar-refractivity contribution in [3.63, 3.8) is 0 Å². The van der Waals surface area contributed by atoms with Gasteiger partial charge in [-0.2, -0.15) is 0 Å². The van der Waals surface area contributed by atoms with Gasteiger partial charge in [0.1, 0.15) is 30.6 Å². The second-order valence-electron chi connectivity index (χ2n) is 18.2. The van der Waals surface area contributed by atoms with E-state index in [2.05, 4.69) is 21.2 Å². The quantitative estimate of drug-likeness (QED) is 0.170. The van der Waals surface area contributed by atoms with Gasteiger partial charge in [-0.1, -0.05) is 49.7 Å². The summed E-state index contributed by atoms with van der Waals surface area (Å²) in [6.45, 7) is 16.0. The fourth-order valence-corrected chi connectivity index (χ4v) is 9.32. The number of aromatic nitrogens is 3. The van der Waals surface area contributed by atoms with Crippen LogP contribution in [0.15, 0.2) is 30.5 Å². The minimum Gasteiger partial charge on any atom is -0.458 e. The summed E-state index contributed by atoms with van der Waals surface area (Å²) in [5.74, 6) is -3.88. The molecule has 0 unspecified atom stereocenters. The van der Waals surface area contributed by atoms with Crippen molar-refractivity contribution in [1.29, 1.82) is 0 Å². The smallest absolute Gasteiger partial charge is 0.458 e. The molecule has 4 heterocycles. The van der Waals surface area contributed by atoms with Crippen LogP contribution >= 0.6 is 0 Å². The molecular formula is C43H67N7O12. The lowest BCUT2D eigenvalue weighted by molar-refractivity contribution is -0.299. The number of hydrogen-bond donors (Lipinski definition) is 4. The number of amides is 2. The lowest BCUT2D eigenvalue weighted by Gasteiger charge is -2.47. The Hall–Kier alpha value is -4.40. The van der Waals surface area contributed by atoms with Crippen LogP contribution in [0.25, 0.3) is 11.3 Å². The van der Waals surface area contributed by atoms with Crippen LogP contribution in [0, 0.1) is 24.7 Å². The summed E-state index contributed by atoms with van der Waals surface area (Å²) in [6.07, 6.45) is -6.58. The number of nitrogens with one attached hydrogen (secondary N) is 2. The van der Waals surface area contributed by atoms with Gasteiger partial charge in [-0.3, -0.25) is 19.9 Å². The molecule has 3 aliphatic rings. The number of ether oxygens (including phenoxy) is 6. The average molecular weight is 874 g/mol. The number of carbonyl (C=O) groups is 4. The highest BCUT2D eigenvalue weighted by atomic mass is 16.8. The van der Waals surface area contributed by atoms with E-state index < -0.39 is 90.0 Å². The highest BCUT2D eigenvalue weighted by Crippen LogP contribution is 2.40. The molecule has 3 fully saturated rings. The van der Waals surface area contributed by atoms with E-state index in [1.54, 1.807) is 33.9 Å². The molecule has 5 rings (SSSR count). The predicted molar refractivity (Wildman–Crippen MR) is 224 cm³/mol. The standard InChI is InChI=1S/C43H67N7O12/c1-13-32-43(9)37(61-41(55)62-43)28(7)49(12)20-24(3)19-42(8,56)36(60-39-34(52)31(48(10)11)18-25(4)57-39)26(5)35(27(6)38(53)58-32)59-40(54)46-45-33(51)22-50-21-30(44-47-50)29-16-14-15-23(2)17-29/h14-17,21,24-28,31-32,34-37,39,52,56H,13,18-20,22H2,1-12H3,(H,45,51)(H,46,54)/t24-,25-,26+,27-,28-,31+,32-,34-,35+,36-,37-,39+,42-,43-/m1/s1. The van der Waals surface area contributed by atoms with Gasteiger partial charge in [-0.15, -0.1) is 5.10 Å². The number of carbonyl (C=O) groups excluding carboxylic acids is 4. The summed E-state index contributed by atoms with van der Waals surface area (Å²) >= 11 is 0. The van der Waals surface area contributed by atoms with Crippen LogP contribution in [-0.4, -0.2) is 153 Å². The van der Waals surface area contributed by atoms with Gasteiger partial charge in [0.05, 0.1) is 29.9 Å². The monoisotopic (exact) mass is 873 g/mol. The summed E-state index contributed by atoms with van der Waals surface area (Å²) in [5.41, 5.74) is 3.92. The molecule has 0 aliphatic carbocycles. The molecule has 3 aliphatic heterocycles. The zero-order chi connectivity index (χ0) is 45.8. The Labute approximate surface area is 364 Å². The average Bonchev–Trinajstić information content (AvgIpc) is 3.79. The van der Waals surface area contributed by atoms with Gasteiger partial charge in [-0.05, 0) is 93.9 Å². The van der Waals surface area contributed by atoms with Gasteiger partial charge in [0, 0.05) is 30.1 Å². The molecule has 0 bridgehead atoms. The van der Waals surface area contributed by atoms with Crippen LogP contribution in [-0.2, 0) is 44.6 Å². The Morgan fingerprint density at radius 3 is 2.45 bits per heavy atom. The maximum absolute atomic E-state index is 14.3. The maximum atomic E-state index is 14.3. The molecule has 19 heteroatoms. The largest absolute Gasteiger partial charge is 0.509 e. The van der Waals surface area contributed by atoms with Crippen molar-refractivity contribution in [2.75, 3.05) is 27.7 Å². The summed E-state index contributed by atoms with van der Waals surface area (Å²) in [4.78, 5) is 57.7. The predicted octanol–water partition coefficient (Wildman–Crippen LogP) is 3.19. The minimum absolute atomic E-state index is 0.145. The Morgan fingerprint density at radius 2 is 1.79 bits per heavy atom. The van der Waals surface area contributed by atoms with Gasteiger partial charge in [0.25, 0.3) is 5.91 Å². The van der Waals surface area contributed by atoms with Crippen LogP contribution in [0.1, 0.15) is 80.2 Å². The van der Waals surface area contributed by atoms with E-state index in [0.29, 0.717) is 18.7 Å². The number of esters is 1. The van der Waals surface area contributed by atoms with Crippen molar-refractivity contribution in [1.82, 2.24) is 35.6 Å². The third-order valence-electron chi connectivity index (χ3n) is 12.6. The molecule has 4 N–H and O–H groups in total. The number of fused-ring (bicyclic) bond motifs is 1. The molecule has 2 aromatic rings. The molecule has 0 radical (unpaired) electrons. The first-order chi connectivity index (χ1) is 29.0. The number of aryl methyl sites for hydroxylation is 1. The van der Waals surface area contributed by atoms with Crippen LogP contribution < -0.4 is 10.9 Å². The van der Waals surface area contributed by atoms with E-state index in [4.69, 9.17) is 28.4 Å². The first kappa shape index (κ1) is 48.6. The topological polar surface area (TPSA) is 225 Å². The second kappa shape index (κ2) is 20.0. The molecule has 2 amide bonds.